The van der Waals surface area contributed by atoms with Crippen LogP contribution < -0.4 is 5.32 Å². The predicted octanol–water partition coefficient (Wildman–Crippen LogP) is 4.63. The van der Waals surface area contributed by atoms with E-state index in [9.17, 15) is 14.4 Å². The van der Waals surface area contributed by atoms with Crippen LogP contribution in [0.25, 0.3) is 0 Å². The van der Waals surface area contributed by atoms with Gasteiger partial charge in [0.2, 0.25) is 17.7 Å². The summed E-state index contributed by atoms with van der Waals surface area (Å²) in [5.74, 6) is -0.611. The highest BCUT2D eigenvalue weighted by atomic mass is 35.5. The Kier molecular flexibility index (Phi) is 9.61. The number of amides is 3. The van der Waals surface area contributed by atoms with E-state index in [0.717, 1.165) is 16.0 Å². The quantitative estimate of drug-likeness (QED) is 0.373. The fraction of sp³-hybridized carbons (Fsp3) is 0.321. The summed E-state index contributed by atoms with van der Waals surface area (Å²) in [7, 11) is 0. The van der Waals surface area contributed by atoms with Gasteiger partial charge in [0.1, 0.15) is 6.04 Å². The van der Waals surface area contributed by atoms with Gasteiger partial charge in [-0.25, -0.2) is 0 Å². The van der Waals surface area contributed by atoms with Gasteiger partial charge in [-0.05, 0) is 54.0 Å². The molecule has 37 heavy (non-hydrogen) atoms. The van der Waals surface area contributed by atoms with Crippen LogP contribution in [0.1, 0.15) is 22.4 Å². The number of rotatable bonds is 11. The largest absolute Gasteiger partial charge is 0.356 e. The molecule has 1 aliphatic heterocycles. The fourth-order valence-corrected chi connectivity index (χ4v) is 5.62. The summed E-state index contributed by atoms with van der Waals surface area (Å²) in [5.41, 5.74) is 1.97. The van der Waals surface area contributed by atoms with E-state index in [1.807, 2.05) is 53.9 Å². The SMILES string of the molecule is O=C(CC1C(=O)N(CCc2ccc(Cl)cc2Cl)CC(=O)N1CCc1cccs1)NCCc1ccccc1. The number of piperazine rings is 1. The summed E-state index contributed by atoms with van der Waals surface area (Å²) < 4.78 is 0. The fourth-order valence-electron chi connectivity index (χ4n) is 4.42. The average molecular weight is 559 g/mol. The highest BCUT2D eigenvalue weighted by molar-refractivity contribution is 7.09. The first-order valence-corrected chi connectivity index (χ1v) is 13.9. The molecule has 1 unspecified atom stereocenters. The Morgan fingerprint density at radius 2 is 1.78 bits per heavy atom. The molecular formula is C28H29Cl2N3O3S. The van der Waals surface area contributed by atoms with Crippen LogP contribution in [0.4, 0.5) is 0 Å². The van der Waals surface area contributed by atoms with Gasteiger partial charge < -0.3 is 15.1 Å². The summed E-state index contributed by atoms with van der Waals surface area (Å²) in [4.78, 5) is 43.8. The molecule has 3 amide bonds. The van der Waals surface area contributed by atoms with Crippen molar-refractivity contribution in [2.24, 2.45) is 0 Å². The van der Waals surface area contributed by atoms with Gasteiger partial charge in [0, 0.05) is 34.6 Å². The van der Waals surface area contributed by atoms with Crippen LogP contribution >= 0.6 is 34.5 Å². The molecule has 0 saturated carbocycles. The summed E-state index contributed by atoms with van der Waals surface area (Å²) in [6, 6.07) is 18.3. The first kappa shape index (κ1) is 27.2. The average Bonchev–Trinajstić information content (AvgIpc) is 3.40. The molecule has 4 rings (SSSR count). The summed E-state index contributed by atoms with van der Waals surface area (Å²) in [6.45, 7) is 1.17. The molecule has 0 bridgehead atoms. The van der Waals surface area contributed by atoms with Gasteiger partial charge in [0.05, 0.1) is 13.0 Å². The molecule has 194 valence electrons. The summed E-state index contributed by atoms with van der Waals surface area (Å²) in [5, 5.41) is 5.96. The monoisotopic (exact) mass is 557 g/mol. The van der Waals surface area contributed by atoms with E-state index in [1.165, 1.54) is 4.90 Å². The molecule has 1 saturated heterocycles. The number of thiophene rings is 1. The number of benzene rings is 2. The second-order valence-electron chi connectivity index (χ2n) is 8.97. The van der Waals surface area contributed by atoms with Crippen molar-refractivity contribution in [3.63, 3.8) is 0 Å². The number of nitrogens with zero attached hydrogens (tertiary/aromatic N) is 2. The van der Waals surface area contributed by atoms with Crippen LogP contribution in [0, 0.1) is 0 Å². The molecule has 0 radical (unpaired) electrons. The Morgan fingerprint density at radius 3 is 2.51 bits per heavy atom. The maximum absolute atomic E-state index is 13.5. The lowest BCUT2D eigenvalue weighted by Gasteiger charge is -2.40. The number of carbonyl (C=O) groups excluding carboxylic acids is 3. The van der Waals surface area contributed by atoms with E-state index >= 15 is 0 Å². The Balaban J connectivity index is 1.41. The second-order valence-corrected chi connectivity index (χ2v) is 10.8. The molecule has 1 aliphatic rings. The predicted molar refractivity (Wildman–Crippen MR) is 148 cm³/mol. The van der Waals surface area contributed by atoms with Gasteiger partial charge in [-0.15, -0.1) is 11.3 Å². The third kappa shape index (κ3) is 7.57. The lowest BCUT2D eigenvalue weighted by atomic mass is 10.0. The third-order valence-corrected chi connectivity index (χ3v) is 7.95. The molecule has 0 aliphatic carbocycles. The molecule has 2 aromatic carbocycles. The van der Waals surface area contributed by atoms with Crippen molar-refractivity contribution in [3.05, 3.63) is 92.1 Å². The van der Waals surface area contributed by atoms with Crippen LogP contribution in [0.15, 0.2) is 66.0 Å². The zero-order chi connectivity index (χ0) is 26.2. The Hall–Kier alpha value is -2.87. The van der Waals surface area contributed by atoms with Gasteiger partial charge >= 0.3 is 0 Å². The van der Waals surface area contributed by atoms with Gasteiger partial charge in [-0.1, -0.05) is 65.7 Å². The van der Waals surface area contributed by atoms with E-state index in [2.05, 4.69) is 5.32 Å². The maximum atomic E-state index is 13.5. The lowest BCUT2D eigenvalue weighted by molar-refractivity contribution is -0.157. The topological polar surface area (TPSA) is 69.7 Å². The Bertz CT molecular complexity index is 1220. The smallest absolute Gasteiger partial charge is 0.246 e. The second kappa shape index (κ2) is 13.1. The van der Waals surface area contributed by atoms with Gasteiger partial charge in [-0.3, -0.25) is 14.4 Å². The zero-order valence-electron chi connectivity index (χ0n) is 20.4. The van der Waals surface area contributed by atoms with E-state index < -0.39 is 6.04 Å². The third-order valence-electron chi connectivity index (χ3n) is 6.42. The number of hydrogen-bond donors (Lipinski definition) is 1. The van der Waals surface area contributed by atoms with Crippen LogP contribution in [0.3, 0.4) is 0 Å². The minimum atomic E-state index is -0.835. The van der Waals surface area contributed by atoms with Gasteiger partial charge in [0.15, 0.2) is 0 Å². The number of nitrogens with one attached hydrogen (secondary N) is 1. The molecular weight excluding hydrogens is 529 g/mol. The van der Waals surface area contributed by atoms with Crippen molar-refractivity contribution in [1.82, 2.24) is 15.1 Å². The molecule has 1 fully saturated rings. The normalized spacial score (nSPS) is 15.8. The maximum Gasteiger partial charge on any atom is 0.246 e. The number of carbonyl (C=O) groups is 3. The van der Waals surface area contributed by atoms with Crippen LogP contribution in [0.5, 0.6) is 0 Å². The summed E-state index contributed by atoms with van der Waals surface area (Å²) in [6.07, 6.45) is 1.76. The summed E-state index contributed by atoms with van der Waals surface area (Å²) >= 11 is 13.9. The highest BCUT2D eigenvalue weighted by Gasteiger charge is 2.40. The Morgan fingerprint density at radius 1 is 0.973 bits per heavy atom. The van der Waals surface area contributed by atoms with Gasteiger partial charge in [-0.2, -0.15) is 0 Å². The van der Waals surface area contributed by atoms with Crippen molar-refractivity contribution in [2.75, 3.05) is 26.2 Å². The number of halogens is 2. The molecule has 1 aromatic heterocycles. The minimum absolute atomic E-state index is 0.0133. The van der Waals surface area contributed by atoms with E-state index in [4.69, 9.17) is 23.2 Å². The molecule has 3 aromatic rings. The number of hydrogen-bond acceptors (Lipinski definition) is 4. The van der Waals surface area contributed by atoms with E-state index in [0.29, 0.717) is 48.9 Å². The van der Waals surface area contributed by atoms with Gasteiger partial charge in [0.25, 0.3) is 0 Å². The van der Waals surface area contributed by atoms with E-state index in [1.54, 1.807) is 28.4 Å². The molecule has 6 nitrogen and oxygen atoms in total. The van der Waals surface area contributed by atoms with E-state index in [-0.39, 0.29) is 30.7 Å². The first-order valence-electron chi connectivity index (χ1n) is 12.3. The zero-order valence-corrected chi connectivity index (χ0v) is 22.7. The molecule has 2 heterocycles. The van der Waals surface area contributed by atoms with Crippen molar-refractivity contribution >= 4 is 52.3 Å². The Labute approximate surface area is 231 Å². The standard InChI is InChI=1S/C28H29Cl2N3O3S/c29-22-9-8-21(24(30)17-22)11-14-32-19-27(35)33(15-12-23-7-4-16-37-23)25(28(32)36)18-26(34)31-13-10-20-5-2-1-3-6-20/h1-9,16-17,25H,10-15,18-19H2,(H,31,34). The molecule has 1 N–H and O–H groups in total. The van der Waals surface area contributed by atoms with Crippen molar-refractivity contribution in [3.8, 4) is 0 Å². The first-order chi connectivity index (χ1) is 17.9. The van der Waals surface area contributed by atoms with Crippen LogP contribution in [-0.4, -0.2) is 59.7 Å². The molecule has 0 spiro atoms. The van der Waals surface area contributed by atoms with Crippen molar-refractivity contribution in [2.45, 2.75) is 31.7 Å². The lowest BCUT2D eigenvalue weighted by Crippen LogP contribution is -2.61. The van der Waals surface area contributed by atoms with Crippen LogP contribution in [-0.2, 0) is 33.6 Å². The van der Waals surface area contributed by atoms with Crippen molar-refractivity contribution < 1.29 is 14.4 Å². The molecule has 9 heteroatoms. The van der Waals surface area contributed by atoms with Crippen molar-refractivity contribution in [1.29, 1.82) is 0 Å². The molecule has 1 atom stereocenters. The minimum Gasteiger partial charge on any atom is -0.356 e. The highest BCUT2D eigenvalue weighted by Crippen LogP contribution is 2.23. The van der Waals surface area contributed by atoms with Crippen LogP contribution in [0.2, 0.25) is 10.0 Å².